The van der Waals surface area contributed by atoms with E-state index in [1.807, 2.05) is 42.6 Å². The van der Waals surface area contributed by atoms with Crippen molar-refractivity contribution < 1.29 is 9.59 Å². The van der Waals surface area contributed by atoms with Gasteiger partial charge in [0.25, 0.3) is 0 Å². The Bertz CT molecular complexity index is 1010. The molecule has 32 heavy (non-hydrogen) atoms. The molecule has 0 aliphatic rings. The molecule has 0 aliphatic heterocycles. The summed E-state index contributed by atoms with van der Waals surface area (Å²) in [5.41, 5.74) is 9.86. The van der Waals surface area contributed by atoms with E-state index in [9.17, 15) is 9.59 Å². The van der Waals surface area contributed by atoms with Gasteiger partial charge < -0.3 is 21.4 Å². The zero-order chi connectivity index (χ0) is 22.8. The number of benzene rings is 2. The first-order valence-corrected chi connectivity index (χ1v) is 11.5. The van der Waals surface area contributed by atoms with Crippen LogP contribution in [0.3, 0.4) is 0 Å². The van der Waals surface area contributed by atoms with Crippen LogP contribution in [0.5, 0.6) is 0 Å². The fraction of sp³-hybridized carbons (Fsp3) is 0.385. The first-order chi connectivity index (χ1) is 15.6. The van der Waals surface area contributed by atoms with Crippen molar-refractivity contribution >= 4 is 22.7 Å². The molecule has 0 aliphatic carbocycles. The van der Waals surface area contributed by atoms with Gasteiger partial charge >= 0.3 is 0 Å². The molecule has 1 heterocycles. The van der Waals surface area contributed by atoms with Crippen LogP contribution < -0.4 is 16.4 Å². The van der Waals surface area contributed by atoms with E-state index in [4.69, 9.17) is 5.73 Å². The molecular weight excluding hydrogens is 400 g/mol. The molecule has 0 spiro atoms. The number of nitrogens with one attached hydrogen (secondary N) is 3. The average molecular weight is 435 g/mol. The van der Waals surface area contributed by atoms with Gasteiger partial charge in [-0.2, -0.15) is 0 Å². The maximum atomic E-state index is 13.1. The molecule has 0 radical (unpaired) electrons. The molecule has 0 saturated carbocycles. The van der Waals surface area contributed by atoms with Crippen molar-refractivity contribution in [2.45, 2.75) is 58.0 Å². The van der Waals surface area contributed by atoms with E-state index >= 15 is 0 Å². The van der Waals surface area contributed by atoms with Gasteiger partial charge in [0.05, 0.1) is 0 Å². The Hall–Kier alpha value is -3.12. The lowest BCUT2D eigenvalue weighted by Crippen LogP contribution is -2.47. The van der Waals surface area contributed by atoms with E-state index in [1.165, 1.54) is 5.56 Å². The molecular formula is C26H34N4O2. The van der Waals surface area contributed by atoms with Crippen LogP contribution >= 0.6 is 0 Å². The molecule has 170 valence electrons. The summed E-state index contributed by atoms with van der Waals surface area (Å²) in [4.78, 5) is 28.8. The van der Waals surface area contributed by atoms with Gasteiger partial charge in [-0.15, -0.1) is 0 Å². The lowest BCUT2D eigenvalue weighted by atomic mass is 10.0. The van der Waals surface area contributed by atoms with Gasteiger partial charge in [-0.05, 0) is 48.6 Å². The summed E-state index contributed by atoms with van der Waals surface area (Å²) in [7, 11) is 0. The summed E-state index contributed by atoms with van der Waals surface area (Å²) in [6.07, 6.45) is 6.32. The fourth-order valence-corrected chi connectivity index (χ4v) is 3.81. The van der Waals surface area contributed by atoms with Gasteiger partial charge in [0.15, 0.2) is 0 Å². The maximum Gasteiger partial charge on any atom is 0.243 e. The third-order valence-corrected chi connectivity index (χ3v) is 5.76. The standard InChI is InChI=1S/C26H34N4O2/c1-2-19-11-13-20(14-12-19)17-29-26(32)24(30-25(31)10-4-3-7-15-27)16-21-18-28-23-9-6-5-8-22(21)23/h5-6,8-9,11-14,18,24,28H,2-4,7,10,15-17,27H2,1H3,(H,29,32)(H,30,31). The third-order valence-electron chi connectivity index (χ3n) is 5.76. The third kappa shape index (κ3) is 6.69. The van der Waals surface area contributed by atoms with Crippen molar-refractivity contribution in [2.75, 3.05) is 6.54 Å². The first kappa shape index (κ1) is 23.5. The summed E-state index contributed by atoms with van der Waals surface area (Å²) >= 11 is 0. The number of hydrogen-bond donors (Lipinski definition) is 4. The Balaban J connectivity index is 1.66. The molecule has 1 unspecified atom stereocenters. The topological polar surface area (TPSA) is 100 Å². The van der Waals surface area contributed by atoms with E-state index in [-0.39, 0.29) is 11.8 Å². The summed E-state index contributed by atoms with van der Waals surface area (Å²) in [6, 6.07) is 15.6. The highest BCUT2D eigenvalue weighted by atomic mass is 16.2. The van der Waals surface area contributed by atoms with Crippen molar-refractivity contribution in [1.82, 2.24) is 15.6 Å². The Morgan fingerprint density at radius 2 is 1.75 bits per heavy atom. The lowest BCUT2D eigenvalue weighted by Gasteiger charge is -2.19. The lowest BCUT2D eigenvalue weighted by molar-refractivity contribution is -0.129. The number of nitrogens with two attached hydrogens (primary N) is 1. The molecule has 6 nitrogen and oxygen atoms in total. The minimum Gasteiger partial charge on any atom is -0.361 e. The summed E-state index contributed by atoms with van der Waals surface area (Å²) in [5.74, 6) is -0.278. The molecule has 6 heteroatoms. The summed E-state index contributed by atoms with van der Waals surface area (Å²) in [6.45, 7) is 3.18. The number of hydrogen-bond acceptors (Lipinski definition) is 3. The minimum absolute atomic E-state index is 0.102. The second kappa shape index (κ2) is 12.1. The number of aromatic nitrogens is 1. The van der Waals surface area contributed by atoms with Crippen molar-refractivity contribution in [3.05, 3.63) is 71.4 Å². The number of H-pyrrole nitrogens is 1. The normalized spacial score (nSPS) is 11.9. The molecule has 1 atom stereocenters. The number of carbonyl (C=O) groups is 2. The molecule has 0 fully saturated rings. The second-order valence-corrected chi connectivity index (χ2v) is 8.17. The molecule has 2 amide bonds. The number of rotatable bonds is 12. The van der Waals surface area contributed by atoms with E-state index in [0.717, 1.165) is 47.7 Å². The zero-order valence-electron chi connectivity index (χ0n) is 18.8. The molecule has 3 rings (SSSR count). The predicted molar refractivity (Wildman–Crippen MR) is 129 cm³/mol. The Morgan fingerprint density at radius 3 is 2.50 bits per heavy atom. The van der Waals surface area contributed by atoms with Gasteiger partial charge in [0, 0.05) is 36.5 Å². The number of amides is 2. The molecule has 0 bridgehead atoms. The molecule has 3 aromatic rings. The number of para-hydroxylation sites is 1. The van der Waals surface area contributed by atoms with Gasteiger partial charge in [0.1, 0.15) is 6.04 Å². The van der Waals surface area contributed by atoms with E-state index in [1.54, 1.807) is 0 Å². The van der Waals surface area contributed by atoms with E-state index < -0.39 is 6.04 Å². The van der Waals surface area contributed by atoms with Gasteiger partial charge in [-0.25, -0.2) is 0 Å². The smallest absolute Gasteiger partial charge is 0.243 e. The Morgan fingerprint density at radius 1 is 1.00 bits per heavy atom. The van der Waals surface area contributed by atoms with E-state index in [0.29, 0.717) is 25.9 Å². The quantitative estimate of drug-likeness (QED) is 0.328. The molecule has 1 aromatic heterocycles. The Kier molecular flexibility index (Phi) is 8.87. The number of unbranched alkanes of at least 4 members (excludes halogenated alkanes) is 2. The van der Waals surface area contributed by atoms with Gasteiger partial charge in [-0.3, -0.25) is 9.59 Å². The van der Waals surface area contributed by atoms with Crippen LogP contribution in [0.1, 0.15) is 49.3 Å². The van der Waals surface area contributed by atoms with Gasteiger partial charge in [-0.1, -0.05) is 55.8 Å². The highest BCUT2D eigenvalue weighted by Crippen LogP contribution is 2.19. The van der Waals surface area contributed by atoms with Crippen LogP contribution in [0.25, 0.3) is 10.9 Å². The molecule has 5 N–H and O–H groups in total. The van der Waals surface area contributed by atoms with Crippen LogP contribution in [-0.4, -0.2) is 29.4 Å². The molecule has 2 aromatic carbocycles. The van der Waals surface area contributed by atoms with Crippen molar-refractivity contribution in [2.24, 2.45) is 5.73 Å². The monoisotopic (exact) mass is 434 g/mol. The maximum absolute atomic E-state index is 13.1. The molecule has 0 saturated heterocycles. The van der Waals surface area contributed by atoms with Crippen LogP contribution in [0.4, 0.5) is 0 Å². The van der Waals surface area contributed by atoms with Crippen molar-refractivity contribution in [1.29, 1.82) is 0 Å². The van der Waals surface area contributed by atoms with Gasteiger partial charge in [0.2, 0.25) is 11.8 Å². The van der Waals surface area contributed by atoms with E-state index in [2.05, 4.69) is 34.7 Å². The highest BCUT2D eigenvalue weighted by Gasteiger charge is 2.22. The summed E-state index contributed by atoms with van der Waals surface area (Å²) < 4.78 is 0. The van der Waals surface area contributed by atoms with Crippen molar-refractivity contribution in [3.8, 4) is 0 Å². The number of aromatic amines is 1. The second-order valence-electron chi connectivity index (χ2n) is 8.17. The number of aryl methyl sites for hydroxylation is 1. The summed E-state index contributed by atoms with van der Waals surface area (Å²) in [5, 5.41) is 7.02. The zero-order valence-corrected chi connectivity index (χ0v) is 18.8. The van der Waals surface area contributed by atoms with Crippen molar-refractivity contribution in [3.63, 3.8) is 0 Å². The van der Waals surface area contributed by atoms with Crippen LogP contribution in [0.15, 0.2) is 54.7 Å². The average Bonchev–Trinajstić information content (AvgIpc) is 3.23. The van der Waals surface area contributed by atoms with Crippen LogP contribution in [0, 0.1) is 0 Å². The Labute approximate surface area is 190 Å². The van der Waals surface area contributed by atoms with Crippen LogP contribution in [0.2, 0.25) is 0 Å². The first-order valence-electron chi connectivity index (χ1n) is 11.5. The predicted octanol–water partition coefficient (Wildman–Crippen LogP) is 3.59. The van der Waals surface area contributed by atoms with Crippen LogP contribution in [-0.2, 0) is 29.0 Å². The highest BCUT2D eigenvalue weighted by molar-refractivity contribution is 5.89. The fourth-order valence-electron chi connectivity index (χ4n) is 3.81. The minimum atomic E-state index is -0.633. The largest absolute Gasteiger partial charge is 0.361 e. The SMILES string of the molecule is CCc1ccc(CNC(=O)C(Cc2c[nH]c3ccccc23)NC(=O)CCCCCN)cc1. The number of carbonyl (C=O) groups excluding carboxylic acids is 2. The number of fused-ring (bicyclic) bond motifs is 1.